The van der Waals surface area contributed by atoms with E-state index in [1.807, 2.05) is 6.92 Å². The van der Waals surface area contributed by atoms with Crippen LogP contribution in [0.2, 0.25) is 0 Å². The molecule has 0 bridgehead atoms. The summed E-state index contributed by atoms with van der Waals surface area (Å²) < 4.78 is 0. The SMILES string of the molecule is CCCN(CC)CCNCc1nc(C)cs1. The second-order valence-electron chi connectivity index (χ2n) is 3.99. The highest BCUT2D eigenvalue weighted by molar-refractivity contribution is 7.09. The Morgan fingerprint density at radius 3 is 2.75 bits per heavy atom. The fraction of sp³-hybridized carbons (Fsp3) is 0.750. The van der Waals surface area contributed by atoms with Gasteiger partial charge in [0.1, 0.15) is 5.01 Å². The molecule has 1 aromatic rings. The van der Waals surface area contributed by atoms with Gasteiger partial charge in [0.2, 0.25) is 0 Å². The van der Waals surface area contributed by atoms with Gasteiger partial charge in [-0.05, 0) is 26.4 Å². The number of aromatic nitrogens is 1. The predicted molar refractivity (Wildman–Crippen MR) is 71.0 cm³/mol. The second-order valence-corrected chi connectivity index (χ2v) is 4.94. The largest absolute Gasteiger partial charge is 0.309 e. The molecule has 0 aliphatic rings. The molecule has 0 saturated carbocycles. The molecular formula is C12H23N3S. The molecule has 0 aromatic carbocycles. The van der Waals surface area contributed by atoms with Crippen molar-refractivity contribution >= 4 is 11.3 Å². The van der Waals surface area contributed by atoms with Crippen LogP contribution >= 0.6 is 11.3 Å². The van der Waals surface area contributed by atoms with E-state index in [0.717, 1.165) is 31.9 Å². The van der Waals surface area contributed by atoms with E-state index in [-0.39, 0.29) is 0 Å². The first-order valence-corrected chi connectivity index (χ1v) is 6.98. The van der Waals surface area contributed by atoms with Gasteiger partial charge >= 0.3 is 0 Å². The van der Waals surface area contributed by atoms with E-state index in [9.17, 15) is 0 Å². The third-order valence-corrected chi connectivity index (χ3v) is 3.50. The molecule has 0 fully saturated rings. The maximum atomic E-state index is 4.43. The number of thiazole rings is 1. The van der Waals surface area contributed by atoms with Crippen LogP contribution in [0.3, 0.4) is 0 Å². The van der Waals surface area contributed by atoms with Gasteiger partial charge in [0.05, 0.1) is 0 Å². The van der Waals surface area contributed by atoms with Crippen LogP contribution in [-0.2, 0) is 6.54 Å². The summed E-state index contributed by atoms with van der Waals surface area (Å²) in [5.74, 6) is 0. The van der Waals surface area contributed by atoms with E-state index in [0.29, 0.717) is 0 Å². The molecule has 16 heavy (non-hydrogen) atoms. The summed E-state index contributed by atoms with van der Waals surface area (Å²) in [5, 5.41) is 6.74. The van der Waals surface area contributed by atoms with Crippen LogP contribution in [0.5, 0.6) is 0 Å². The van der Waals surface area contributed by atoms with Crippen molar-refractivity contribution in [1.82, 2.24) is 15.2 Å². The van der Waals surface area contributed by atoms with Crippen LogP contribution < -0.4 is 5.32 Å². The van der Waals surface area contributed by atoms with Crippen molar-refractivity contribution in [2.24, 2.45) is 0 Å². The third kappa shape index (κ3) is 5.05. The Morgan fingerprint density at radius 1 is 1.38 bits per heavy atom. The Balaban J connectivity index is 2.11. The van der Waals surface area contributed by atoms with E-state index in [1.165, 1.54) is 18.0 Å². The quantitative estimate of drug-likeness (QED) is 0.708. The zero-order valence-corrected chi connectivity index (χ0v) is 11.4. The first-order chi connectivity index (χ1) is 7.76. The molecule has 1 rings (SSSR count). The first-order valence-electron chi connectivity index (χ1n) is 6.10. The van der Waals surface area contributed by atoms with Crippen molar-refractivity contribution < 1.29 is 0 Å². The van der Waals surface area contributed by atoms with E-state index >= 15 is 0 Å². The third-order valence-electron chi connectivity index (χ3n) is 2.53. The van der Waals surface area contributed by atoms with Gasteiger partial charge in [0.25, 0.3) is 0 Å². The number of hydrogen-bond acceptors (Lipinski definition) is 4. The Labute approximate surface area is 103 Å². The van der Waals surface area contributed by atoms with Crippen molar-refractivity contribution in [3.8, 4) is 0 Å². The minimum absolute atomic E-state index is 0.905. The molecule has 0 unspecified atom stereocenters. The van der Waals surface area contributed by atoms with Gasteiger partial charge in [-0.1, -0.05) is 13.8 Å². The van der Waals surface area contributed by atoms with Gasteiger partial charge in [0, 0.05) is 30.7 Å². The number of likely N-dealkylation sites (N-methyl/N-ethyl adjacent to an activating group) is 1. The van der Waals surface area contributed by atoms with E-state index < -0.39 is 0 Å². The molecule has 0 amide bonds. The number of nitrogens with one attached hydrogen (secondary N) is 1. The molecule has 92 valence electrons. The summed E-state index contributed by atoms with van der Waals surface area (Å²) in [6.45, 7) is 11.9. The molecule has 0 spiro atoms. The lowest BCUT2D eigenvalue weighted by atomic mass is 10.4. The van der Waals surface area contributed by atoms with Gasteiger partial charge in [0.15, 0.2) is 0 Å². The zero-order chi connectivity index (χ0) is 11.8. The van der Waals surface area contributed by atoms with Gasteiger partial charge in [-0.2, -0.15) is 0 Å². The maximum Gasteiger partial charge on any atom is 0.107 e. The molecule has 3 nitrogen and oxygen atoms in total. The minimum Gasteiger partial charge on any atom is -0.309 e. The number of nitrogens with zero attached hydrogens (tertiary/aromatic N) is 2. The van der Waals surface area contributed by atoms with Crippen molar-refractivity contribution in [2.45, 2.75) is 33.7 Å². The van der Waals surface area contributed by atoms with Gasteiger partial charge in [-0.3, -0.25) is 0 Å². The van der Waals surface area contributed by atoms with Gasteiger partial charge in [-0.15, -0.1) is 11.3 Å². The predicted octanol–water partition coefficient (Wildman–Crippen LogP) is 2.27. The Bertz CT molecular complexity index is 286. The molecule has 4 heteroatoms. The summed E-state index contributed by atoms with van der Waals surface area (Å²) in [6, 6.07) is 0. The number of rotatable bonds is 8. The van der Waals surface area contributed by atoms with Crippen LogP contribution in [0.15, 0.2) is 5.38 Å². The van der Waals surface area contributed by atoms with Crippen LogP contribution in [0, 0.1) is 6.92 Å². The molecule has 1 heterocycles. The average molecular weight is 241 g/mol. The fourth-order valence-electron chi connectivity index (χ4n) is 1.66. The molecule has 0 radical (unpaired) electrons. The summed E-state index contributed by atoms with van der Waals surface area (Å²) in [7, 11) is 0. The maximum absolute atomic E-state index is 4.43. The summed E-state index contributed by atoms with van der Waals surface area (Å²) in [6.07, 6.45) is 1.24. The highest BCUT2D eigenvalue weighted by Gasteiger charge is 2.01. The lowest BCUT2D eigenvalue weighted by Gasteiger charge is -2.19. The van der Waals surface area contributed by atoms with E-state index in [2.05, 4.69) is 34.4 Å². The van der Waals surface area contributed by atoms with Crippen LogP contribution in [0.25, 0.3) is 0 Å². The van der Waals surface area contributed by atoms with Crippen molar-refractivity contribution in [3.05, 3.63) is 16.1 Å². The fourth-order valence-corrected chi connectivity index (χ4v) is 2.40. The lowest BCUT2D eigenvalue weighted by Crippen LogP contribution is -2.32. The topological polar surface area (TPSA) is 28.2 Å². The monoisotopic (exact) mass is 241 g/mol. The number of aryl methyl sites for hydroxylation is 1. The lowest BCUT2D eigenvalue weighted by molar-refractivity contribution is 0.287. The average Bonchev–Trinajstić information content (AvgIpc) is 2.69. The molecule has 0 aliphatic heterocycles. The molecular weight excluding hydrogens is 218 g/mol. The van der Waals surface area contributed by atoms with Crippen LogP contribution in [-0.4, -0.2) is 36.1 Å². The van der Waals surface area contributed by atoms with E-state index in [1.54, 1.807) is 11.3 Å². The molecule has 1 N–H and O–H groups in total. The normalized spacial score (nSPS) is 11.2. The second kappa shape index (κ2) is 7.76. The Morgan fingerprint density at radius 2 is 2.19 bits per heavy atom. The summed E-state index contributed by atoms with van der Waals surface area (Å²) in [5.41, 5.74) is 1.13. The zero-order valence-electron chi connectivity index (χ0n) is 10.6. The minimum atomic E-state index is 0.905. The molecule has 1 aromatic heterocycles. The van der Waals surface area contributed by atoms with Crippen molar-refractivity contribution in [1.29, 1.82) is 0 Å². The Kier molecular flexibility index (Phi) is 6.61. The highest BCUT2D eigenvalue weighted by Crippen LogP contribution is 2.07. The van der Waals surface area contributed by atoms with Gasteiger partial charge < -0.3 is 10.2 Å². The van der Waals surface area contributed by atoms with Crippen molar-refractivity contribution in [2.75, 3.05) is 26.2 Å². The summed E-state index contributed by atoms with van der Waals surface area (Å²) >= 11 is 1.74. The van der Waals surface area contributed by atoms with Crippen molar-refractivity contribution in [3.63, 3.8) is 0 Å². The van der Waals surface area contributed by atoms with Crippen LogP contribution in [0.1, 0.15) is 31.0 Å². The highest BCUT2D eigenvalue weighted by atomic mass is 32.1. The van der Waals surface area contributed by atoms with Gasteiger partial charge in [-0.25, -0.2) is 4.98 Å². The smallest absolute Gasteiger partial charge is 0.107 e. The molecule has 0 saturated heterocycles. The molecule has 0 aliphatic carbocycles. The van der Waals surface area contributed by atoms with E-state index in [4.69, 9.17) is 0 Å². The number of hydrogen-bond donors (Lipinski definition) is 1. The summed E-state index contributed by atoms with van der Waals surface area (Å²) in [4.78, 5) is 6.90. The molecule has 0 atom stereocenters. The Hall–Kier alpha value is -0.450. The standard InChI is InChI=1S/C12H23N3S/c1-4-7-15(5-2)8-6-13-9-12-14-11(3)10-16-12/h10,13H,4-9H2,1-3H3. The first kappa shape index (κ1) is 13.6. The van der Waals surface area contributed by atoms with Crippen LogP contribution in [0.4, 0.5) is 0 Å².